The molecule has 19 heavy (non-hydrogen) atoms. The molecule has 2 heteroatoms. The van der Waals surface area contributed by atoms with Crippen LogP contribution in [0, 0.1) is 0 Å². The number of ether oxygens (including phenoxy) is 1. The van der Waals surface area contributed by atoms with E-state index < -0.39 is 0 Å². The van der Waals surface area contributed by atoms with Crippen molar-refractivity contribution in [1.82, 2.24) is 4.98 Å². The minimum atomic E-state index is 0.544. The molecule has 0 spiro atoms. The van der Waals surface area contributed by atoms with E-state index in [-0.39, 0.29) is 0 Å². The van der Waals surface area contributed by atoms with E-state index in [9.17, 15) is 0 Å². The molecular weight excluding hydrogens is 234 g/mol. The Morgan fingerprint density at radius 3 is 2.68 bits per heavy atom. The average molecular weight is 255 g/mol. The largest absolute Gasteiger partial charge is 0.497 e. The molecule has 1 atom stereocenters. The second kappa shape index (κ2) is 6.37. The highest BCUT2D eigenvalue weighted by Crippen LogP contribution is 2.30. The molecule has 100 valence electrons. The first kappa shape index (κ1) is 13.6. The van der Waals surface area contributed by atoms with Gasteiger partial charge in [-0.05, 0) is 48.2 Å². The summed E-state index contributed by atoms with van der Waals surface area (Å²) >= 11 is 0. The van der Waals surface area contributed by atoms with Crippen molar-refractivity contribution >= 4 is 0 Å². The highest BCUT2D eigenvalue weighted by atomic mass is 16.5. The zero-order chi connectivity index (χ0) is 13.7. The predicted octanol–water partition coefficient (Wildman–Crippen LogP) is 4.66. The topological polar surface area (TPSA) is 22.1 Å². The van der Waals surface area contributed by atoms with Crippen LogP contribution in [0.25, 0.3) is 11.3 Å². The lowest BCUT2D eigenvalue weighted by Crippen LogP contribution is -1.96. The molecule has 0 radical (unpaired) electrons. The molecule has 0 aliphatic heterocycles. The first-order valence-electron chi connectivity index (χ1n) is 6.85. The average Bonchev–Trinajstić information content (AvgIpc) is 2.48. The Morgan fingerprint density at radius 1 is 1.21 bits per heavy atom. The van der Waals surface area contributed by atoms with Gasteiger partial charge in [0.25, 0.3) is 0 Å². The molecule has 0 aliphatic rings. The quantitative estimate of drug-likeness (QED) is 0.775. The van der Waals surface area contributed by atoms with Gasteiger partial charge < -0.3 is 4.74 Å². The smallest absolute Gasteiger partial charge is 0.119 e. The summed E-state index contributed by atoms with van der Waals surface area (Å²) in [6, 6.07) is 12.4. The molecule has 2 aromatic rings. The van der Waals surface area contributed by atoms with Crippen LogP contribution < -0.4 is 4.74 Å². The Kier molecular flexibility index (Phi) is 4.56. The molecule has 1 aromatic heterocycles. The van der Waals surface area contributed by atoms with Gasteiger partial charge in [0.2, 0.25) is 0 Å². The van der Waals surface area contributed by atoms with Gasteiger partial charge in [-0.2, -0.15) is 0 Å². The predicted molar refractivity (Wildman–Crippen MR) is 79.5 cm³/mol. The van der Waals surface area contributed by atoms with Crippen LogP contribution >= 0.6 is 0 Å². The summed E-state index contributed by atoms with van der Waals surface area (Å²) in [5, 5.41) is 0. The molecule has 0 saturated heterocycles. The molecule has 0 saturated carbocycles. The van der Waals surface area contributed by atoms with Gasteiger partial charge in [-0.1, -0.05) is 26.3 Å². The van der Waals surface area contributed by atoms with Crippen molar-refractivity contribution in [2.45, 2.75) is 32.6 Å². The van der Waals surface area contributed by atoms with E-state index in [0.29, 0.717) is 5.92 Å². The van der Waals surface area contributed by atoms with E-state index in [1.165, 1.54) is 18.4 Å². The van der Waals surface area contributed by atoms with Crippen molar-refractivity contribution in [1.29, 1.82) is 0 Å². The SMILES string of the molecule is CCC[C@@H](C)c1cc(OC)cc(-c2ccccn2)c1. The molecule has 0 aliphatic carbocycles. The van der Waals surface area contributed by atoms with E-state index in [2.05, 4.69) is 31.0 Å². The van der Waals surface area contributed by atoms with Crippen LogP contribution in [0.4, 0.5) is 0 Å². The molecule has 2 nitrogen and oxygen atoms in total. The van der Waals surface area contributed by atoms with Gasteiger partial charge >= 0.3 is 0 Å². The third-order valence-corrected chi connectivity index (χ3v) is 3.42. The van der Waals surface area contributed by atoms with Crippen LogP contribution in [0.5, 0.6) is 5.75 Å². The maximum Gasteiger partial charge on any atom is 0.119 e. The fraction of sp³-hybridized carbons (Fsp3) is 0.353. The van der Waals surface area contributed by atoms with Crippen molar-refractivity contribution in [2.75, 3.05) is 7.11 Å². The fourth-order valence-corrected chi connectivity index (χ4v) is 2.31. The van der Waals surface area contributed by atoms with Crippen molar-refractivity contribution in [3.05, 3.63) is 48.2 Å². The van der Waals surface area contributed by atoms with Crippen LogP contribution in [0.1, 0.15) is 38.2 Å². The summed E-state index contributed by atoms with van der Waals surface area (Å²) in [6.45, 7) is 4.48. The van der Waals surface area contributed by atoms with E-state index in [1.54, 1.807) is 7.11 Å². The number of aromatic nitrogens is 1. The molecule has 0 N–H and O–H groups in total. The van der Waals surface area contributed by atoms with Gasteiger partial charge in [-0.25, -0.2) is 0 Å². The number of methoxy groups -OCH3 is 1. The van der Waals surface area contributed by atoms with Crippen molar-refractivity contribution < 1.29 is 4.74 Å². The molecule has 1 aromatic carbocycles. The highest BCUT2D eigenvalue weighted by Gasteiger charge is 2.09. The highest BCUT2D eigenvalue weighted by molar-refractivity contribution is 5.62. The first-order valence-corrected chi connectivity index (χ1v) is 6.85. The second-order valence-corrected chi connectivity index (χ2v) is 4.90. The zero-order valence-corrected chi connectivity index (χ0v) is 11.9. The lowest BCUT2D eigenvalue weighted by atomic mass is 9.94. The molecule has 1 heterocycles. The van der Waals surface area contributed by atoms with Crippen LogP contribution in [-0.2, 0) is 0 Å². The maximum absolute atomic E-state index is 5.42. The summed E-state index contributed by atoms with van der Waals surface area (Å²) in [5.41, 5.74) is 3.44. The Bertz CT molecular complexity index is 522. The van der Waals surface area contributed by atoms with E-state index in [4.69, 9.17) is 4.74 Å². The number of pyridine rings is 1. The number of rotatable bonds is 5. The van der Waals surface area contributed by atoms with Gasteiger partial charge in [0.1, 0.15) is 5.75 Å². The lowest BCUT2D eigenvalue weighted by molar-refractivity contribution is 0.414. The molecule has 0 bridgehead atoms. The number of hydrogen-bond acceptors (Lipinski definition) is 2. The van der Waals surface area contributed by atoms with Gasteiger partial charge in [0.15, 0.2) is 0 Å². The number of nitrogens with zero attached hydrogens (tertiary/aromatic N) is 1. The van der Waals surface area contributed by atoms with E-state index >= 15 is 0 Å². The fourth-order valence-electron chi connectivity index (χ4n) is 2.31. The van der Waals surface area contributed by atoms with E-state index in [0.717, 1.165) is 17.0 Å². The molecule has 0 unspecified atom stereocenters. The standard InChI is InChI=1S/C17H21NO/c1-4-7-13(2)14-10-15(12-16(11-14)19-3)17-8-5-6-9-18-17/h5-6,8-13H,4,7H2,1-3H3/t13-/m1/s1. The Balaban J connectivity index is 2.42. The van der Waals surface area contributed by atoms with E-state index in [1.807, 2.05) is 30.5 Å². The minimum Gasteiger partial charge on any atom is -0.497 e. The first-order chi connectivity index (χ1) is 9.24. The van der Waals surface area contributed by atoms with Crippen LogP contribution in [-0.4, -0.2) is 12.1 Å². The normalized spacial score (nSPS) is 12.2. The van der Waals surface area contributed by atoms with Gasteiger partial charge in [-0.3, -0.25) is 4.98 Å². The van der Waals surface area contributed by atoms with Crippen LogP contribution in [0.15, 0.2) is 42.6 Å². The summed E-state index contributed by atoms with van der Waals surface area (Å²) in [5.74, 6) is 1.45. The summed E-state index contributed by atoms with van der Waals surface area (Å²) in [7, 11) is 1.71. The summed E-state index contributed by atoms with van der Waals surface area (Å²) < 4.78 is 5.42. The molecule has 0 amide bonds. The lowest BCUT2D eigenvalue weighted by Gasteiger charge is -2.14. The van der Waals surface area contributed by atoms with Crippen molar-refractivity contribution in [2.24, 2.45) is 0 Å². The molecular formula is C17H21NO. The minimum absolute atomic E-state index is 0.544. The van der Waals surface area contributed by atoms with Gasteiger partial charge in [0.05, 0.1) is 12.8 Å². The number of benzene rings is 1. The van der Waals surface area contributed by atoms with Gasteiger partial charge in [0, 0.05) is 11.8 Å². The van der Waals surface area contributed by atoms with Crippen LogP contribution in [0.2, 0.25) is 0 Å². The third kappa shape index (κ3) is 3.34. The molecule has 0 fully saturated rings. The summed E-state index contributed by atoms with van der Waals surface area (Å²) in [6.07, 6.45) is 4.20. The Hall–Kier alpha value is -1.83. The Labute approximate surface area is 115 Å². The Morgan fingerprint density at radius 2 is 2.05 bits per heavy atom. The molecule has 2 rings (SSSR count). The van der Waals surface area contributed by atoms with Crippen molar-refractivity contribution in [3.8, 4) is 17.0 Å². The second-order valence-electron chi connectivity index (χ2n) is 4.90. The monoisotopic (exact) mass is 255 g/mol. The maximum atomic E-state index is 5.42. The number of hydrogen-bond donors (Lipinski definition) is 0. The zero-order valence-electron chi connectivity index (χ0n) is 11.9. The van der Waals surface area contributed by atoms with Crippen LogP contribution in [0.3, 0.4) is 0 Å². The summed E-state index contributed by atoms with van der Waals surface area (Å²) in [4.78, 5) is 4.42. The van der Waals surface area contributed by atoms with Gasteiger partial charge in [-0.15, -0.1) is 0 Å². The third-order valence-electron chi connectivity index (χ3n) is 3.42. The van der Waals surface area contributed by atoms with Crippen molar-refractivity contribution in [3.63, 3.8) is 0 Å².